The molecule has 0 aliphatic heterocycles. The van der Waals surface area contributed by atoms with Crippen LogP contribution >= 0.6 is 0 Å². The smallest absolute Gasteiger partial charge is 0.349 e. The molecule has 35 heavy (non-hydrogen) atoms. The van der Waals surface area contributed by atoms with Crippen LogP contribution in [0, 0.1) is 0 Å². The summed E-state index contributed by atoms with van der Waals surface area (Å²) >= 11 is 0. The predicted octanol–water partition coefficient (Wildman–Crippen LogP) is -0.411. The van der Waals surface area contributed by atoms with E-state index in [2.05, 4.69) is 15.6 Å². The van der Waals surface area contributed by atoms with Crippen molar-refractivity contribution in [2.24, 2.45) is 5.73 Å². The quantitative estimate of drug-likeness (QED) is 0.163. The first-order valence-corrected chi connectivity index (χ1v) is 11.3. The van der Waals surface area contributed by atoms with Crippen LogP contribution in [-0.4, -0.2) is 89.8 Å². The number of nitrogens with one attached hydrogen (secondary N) is 2. The van der Waals surface area contributed by atoms with E-state index in [1.807, 2.05) is 19.0 Å². The molecule has 12 heteroatoms. The summed E-state index contributed by atoms with van der Waals surface area (Å²) < 4.78 is 12.3. The number of nitrogens with zero attached hydrogens (tertiary/aromatic N) is 3. The number of hydrogen-bond acceptors (Lipinski definition) is 10. The highest BCUT2D eigenvalue weighted by molar-refractivity contribution is 5.97. The fraction of sp³-hybridized carbons (Fsp3) is 0.522. The Balaban J connectivity index is 1.80. The van der Waals surface area contributed by atoms with Gasteiger partial charge in [0.05, 0.1) is 39.6 Å². The molecular formula is C23H36N6O6. The summed E-state index contributed by atoms with van der Waals surface area (Å²) in [5, 5.41) is 25.0. The molecule has 0 bridgehead atoms. The third-order valence-corrected chi connectivity index (χ3v) is 5.02. The van der Waals surface area contributed by atoms with Crippen molar-refractivity contribution in [3.63, 3.8) is 0 Å². The van der Waals surface area contributed by atoms with Crippen LogP contribution in [0.15, 0.2) is 41.3 Å². The van der Waals surface area contributed by atoms with Gasteiger partial charge in [-0.3, -0.25) is 9.36 Å². The summed E-state index contributed by atoms with van der Waals surface area (Å²) in [7, 11) is 3.96. The minimum atomic E-state index is -1.40. The highest BCUT2D eigenvalue weighted by atomic mass is 16.5. The second kappa shape index (κ2) is 13.9. The Labute approximate surface area is 204 Å². The number of benzene rings is 1. The van der Waals surface area contributed by atoms with Gasteiger partial charge in [-0.25, -0.2) is 4.79 Å². The lowest BCUT2D eigenvalue weighted by atomic mass is 10.0. The number of amides is 1. The average Bonchev–Trinajstić information content (AvgIpc) is 2.82. The van der Waals surface area contributed by atoms with Gasteiger partial charge in [-0.05, 0) is 39.2 Å². The largest absolute Gasteiger partial charge is 0.394 e. The second-order valence-corrected chi connectivity index (χ2v) is 8.52. The van der Waals surface area contributed by atoms with E-state index >= 15 is 0 Å². The van der Waals surface area contributed by atoms with Crippen molar-refractivity contribution in [3.8, 4) is 0 Å². The molecule has 0 spiro atoms. The van der Waals surface area contributed by atoms with Crippen LogP contribution in [-0.2, 0) is 20.8 Å². The molecule has 0 radical (unpaired) electrons. The summed E-state index contributed by atoms with van der Waals surface area (Å²) in [6.07, 6.45) is 0.445. The van der Waals surface area contributed by atoms with Crippen LogP contribution < -0.4 is 22.1 Å². The first-order valence-electron chi connectivity index (χ1n) is 11.3. The Morgan fingerprint density at radius 2 is 1.83 bits per heavy atom. The molecule has 1 aromatic heterocycles. The highest BCUT2D eigenvalue weighted by Crippen LogP contribution is 2.18. The molecule has 1 aromatic carbocycles. The minimum Gasteiger partial charge on any atom is -0.394 e. The van der Waals surface area contributed by atoms with Crippen molar-refractivity contribution in [1.29, 1.82) is 0 Å². The zero-order chi connectivity index (χ0) is 25.8. The minimum absolute atomic E-state index is 0.216. The molecule has 194 valence electrons. The van der Waals surface area contributed by atoms with Crippen molar-refractivity contribution >= 4 is 17.4 Å². The van der Waals surface area contributed by atoms with E-state index < -0.39 is 30.0 Å². The van der Waals surface area contributed by atoms with Crippen LogP contribution in [0.5, 0.6) is 0 Å². The van der Waals surface area contributed by atoms with Gasteiger partial charge in [0.2, 0.25) is 5.91 Å². The second-order valence-electron chi connectivity index (χ2n) is 8.52. The molecule has 0 saturated carbocycles. The number of rotatable bonds is 15. The fourth-order valence-corrected chi connectivity index (χ4v) is 2.73. The summed E-state index contributed by atoms with van der Waals surface area (Å²) in [5.41, 5.74) is 4.77. The predicted molar refractivity (Wildman–Crippen MR) is 132 cm³/mol. The normalized spacial score (nSPS) is 13.9. The third kappa shape index (κ3) is 9.72. The molecule has 12 nitrogen and oxygen atoms in total. The third-order valence-electron chi connectivity index (χ3n) is 5.02. The van der Waals surface area contributed by atoms with Gasteiger partial charge < -0.3 is 41.0 Å². The van der Waals surface area contributed by atoms with Crippen molar-refractivity contribution in [3.05, 3.63) is 52.6 Å². The Morgan fingerprint density at radius 1 is 1.17 bits per heavy atom. The molecule has 2 unspecified atom stereocenters. The highest BCUT2D eigenvalue weighted by Gasteiger charge is 2.27. The lowest BCUT2D eigenvalue weighted by molar-refractivity contribution is -0.121. The molecule has 1 heterocycles. The van der Waals surface area contributed by atoms with Crippen LogP contribution in [0.3, 0.4) is 0 Å². The maximum atomic E-state index is 12.3. The number of likely N-dealkylation sites (N-methyl/N-ethyl adjacent to an activating group) is 1. The molecule has 0 saturated heterocycles. The average molecular weight is 493 g/mol. The number of aliphatic hydroxyl groups excluding tert-OH is 2. The topological polar surface area (TPSA) is 164 Å². The number of aromatic nitrogens is 2. The van der Waals surface area contributed by atoms with Crippen molar-refractivity contribution in [2.75, 3.05) is 64.3 Å². The Bertz CT molecular complexity index is 979. The van der Waals surface area contributed by atoms with E-state index in [0.29, 0.717) is 44.2 Å². The Hall–Kier alpha value is -2.87. The van der Waals surface area contributed by atoms with Gasteiger partial charge >= 0.3 is 5.69 Å². The maximum Gasteiger partial charge on any atom is 0.349 e. The molecule has 0 aliphatic rings. The zero-order valence-electron chi connectivity index (χ0n) is 20.4. The lowest BCUT2D eigenvalue weighted by Gasteiger charge is -2.21. The van der Waals surface area contributed by atoms with Gasteiger partial charge in [-0.1, -0.05) is 12.1 Å². The summed E-state index contributed by atoms with van der Waals surface area (Å²) in [6, 6.07) is 7.96. The molecule has 2 aromatic rings. The lowest BCUT2D eigenvalue weighted by Crippen LogP contribution is -2.51. The van der Waals surface area contributed by atoms with Crippen molar-refractivity contribution < 1.29 is 24.5 Å². The van der Waals surface area contributed by atoms with Gasteiger partial charge in [-0.2, -0.15) is 4.98 Å². The molecule has 6 N–H and O–H groups in total. The molecule has 0 aliphatic carbocycles. The van der Waals surface area contributed by atoms with E-state index in [1.165, 1.54) is 11.5 Å². The summed E-state index contributed by atoms with van der Waals surface area (Å²) in [5.74, 6) is -0.317. The van der Waals surface area contributed by atoms with Crippen molar-refractivity contribution in [2.45, 2.75) is 25.2 Å². The Kier molecular flexibility index (Phi) is 11.2. The number of aliphatic hydroxyl groups is 2. The SMILES string of the molecule is CN(C)CCOCCOCCn1ccc(NC(O)c2ccc(NC(=O)C(C)(N)CO)cc2)nc1=O. The van der Waals surface area contributed by atoms with E-state index in [-0.39, 0.29) is 5.82 Å². The number of nitrogens with two attached hydrogens (primary N) is 1. The number of ether oxygens (including phenoxy) is 2. The molecule has 2 rings (SSSR count). The van der Waals surface area contributed by atoms with E-state index in [9.17, 15) is 19.8 Å². The van der Waals surface area contributed by atoms with Gasteiger partial charge in [-0.15, -0.1) is 0 Å². The van der Waals surface area contributed by atoms with Gasteiger partial charge in [0.25, 0.3) is 0 Å². The fourth-order valence-electron chi connectivity index (χ4n) is 2.73. The zero-order valence-corrected chi connectivity index (χ0v) is 20.4. The van der Waals surface area contributed by atoms with Crippen molar-refractivity contribution in [1.82, 2.24) is 14.5 Å². The number of carbonyl (C=O) groups is 1. The Morgan fingerprint density at radius 3 is 2.43 bits per heavy atom. The number of carbonyl (C=O) groups excluding carboxylic acids is 1. The molecular weight excluding hydrogens is 456 g/mol. The van der Waals surface area contributed by atoms with E-state index in [1.54, 1.807) is 36.5 Å². The first kappa shape index (κ1) is 28.4. The first-order chi connectivity index (χ1) is 16.6. The van der Waals surface area contributed by atoms with Crippen LogP contribution in [0.1, 0.15) is 18.7 Å². The number of anilines is 2. The monoisotopic (exact) mass is 492 g/mol. The number of hydrogen-bond donors (Lipinski definition) is 5. The standard InChI is InChI=1S/C23H36N6O6/c1-23(24,16-30)21(32)25-18-6-4-17(5-7-18)20(31)26-19-8-9-29(22(33)27-19)11-13-35-15-14-34-12-10-28(2)3/h4-9,20,30-31H,10-16,24H2,1-3H3,(H,25,32)(H,26,27,33). The van der Waals surface area contributed by atoms with Crippen LogP contribution in [0.2, 0.25) is 0 Å². The van der Waals surface area contributed by atoms with Gasteiger partial charge in [0.1, 0.15) is 11.4 Å². The van der Waals surface area contributed by atoms with Gasteiger partial charge in [0.15, 0.2) is 6.23 Å². The van der Waals surface area contributed by atoms with E-state index in [4.69, 9.17) is 15.2 Å². The van der Waals surface area contributed by atoms with E-state index in [0.717, 1.165) is 6.54 Å². The molecule has 2 atom stereocenters. The maximum absolute atomic E-state index is 12.3. The summed E-state index contributed by atoms with van der Waals surface area (Å²) in [6.45, 7) is 4.03. The molecule has 1 amide bonds. The van der Waals surface area contributed by atoms with Crippen LogP contribution in [0.4, 0.5) is 11.5 Å². The van der Waals surface area contributed by atoms with Crippen LogP contribution in [0.25, 0.3) is 0 Å². The van der Waals surface area contributed by atoms with Gasteiger partial charge in [0, 0.05) is 24.0 Å². The summed E-state index contributed by atoms with van der Waals surface area (Å²) in [4.78, 5) is 30.3. The molecule has 0 fully saturated rings.